The van der Waals surface area contributed by atoms with Gasteiger partial charge in [0.2, 0.25) is 0 Å². The molecule has 8 nitrogen and oxygen atoms in total. The third-order valence-electron chi connectivity index (χ3n) is 5.98. The monoisotopic (exact) mass is 390 g/mol. The molecule has 0 aliphatic carbocycles. The summed E-state index contributed by atoms with van der Waals surface area (Å²) in [5, 5.41) is 0. The lowest BCUT2D eigenvalue weighted by atomic mass is 9.82. The predicted molar refractivity (Wildman–Crippen MR) is 108 cm³/mol. The molecule has 29 heavy (non-hydrogen) atoms. The van der Waals surface area contributed by atoms with Gasteiger partial charge in [0.25, 0.3) is 11.5 Å². The largest absolute Gasteiger partial charge is 0.384 e. The van der Waals surface area contributed by atoms with Crippen LogP contribution in [-0.4, -0.2) is 43.0 Å². The van der Waals surface area contributed by atoms with Crippen LogP contribution in [0.2, 0.25) is 0 Å². The summed E-state index contributed by atoms with van der Waals surface area (Å²) in [5.41, 5.74) is 7.89. The van der Waals surface area contributed by atoms with E-state index >= 15 is 0 Å². The second-order valence-electron chi connectivity index (χ2n) is 7.93. The molecule has 2 N–H and O–H groups in total. The van der Waals surface area contributed by atoms with Crippen molar-refractivity contribution in [3.63, 3.8) is 0 Å². The number of nitrogens with zero attached hydrogens (tertiary/aromatic N) is 5. The zero-order valence-corrected chi connectivity index (χ0v) is 16.2. The molecule has 1 fully saturated rings. The number of aryl methyl sites for hydroxylation is 1. The molecular formula is C21H22N6O2. The molecule has 1 amide bonds. The molecule has 8 heteroatoms. The number of imidazole rings is 1. The average molecular weight is 390 g/mol. The number of fused-ring (bicyclic) bond motifs is 4. The van der Waals surface area contributed by atoms with Gasteiger partial charge in [-0.25, -0.2) is 9.97 Å². The summed E-state index contributed by atoms with van der Waals surface area (Å²) >= 11 is 0. The van der Waals surface area contributed by atoms with E-state index in [2.05, 4.69) is 9.97 Å². The van der Waals surface area contributed by atoms with E-state index in [0.29, 0.717) is 42.4 Å². The Hall–Kier alpha value is -3.42. The van der Waals surface area contributed by atoms with E-state index in [9.17, 15) is 9.59 Å². The van der Waals surface area contributed by atoms with Crippen molar-refractivity contribution in [1.82, 2.24) is 24.0 Å². The summed E-state index contributed by atoms with van der Waals surface area (Å²) in [6, 6.07) is 7.19. The first kappa shape index (κ1) is 17.7. The van der Waals surface area contributed by atoms with Crippen LogP contribution in [0.4, 0.5) is 5.82 Å². The fourth-order valence-corrected chi connectivity index (χ4v) is 4.67. The third kappa shape index (κ3) is 2.91. The van der Waals surface area contributed by atoms with Crippen molar-refractivity contribution in [2.45, 2.75) is 18.9 Å². The second kappa shape index (κ2) is 6.58. The summed E-state index contributed by atoms with van der Waals surface area (Å²) in [5.74, 6) is 1.38. The van der Waals surface area contributed by atoms with Gasteiger partial charge in [0, 0.05) is 62.4 Å². The minimum absolute atomic E-state index is 0.00631. The maximum Gasteiger partial charge on any atom is 0.261 e. The lowest BCUT2D eigenvalue weighted by Crippen LogP contribution is -2.49. The van der Waals surface area contributed by atoms with Crippen molar-refractivity contribution in [1.29, 1.82) is 0 Å². The minimum Gasteiger partial charge on any atom is -0.384 e. The number of nitrogens with two attached hydrogens (primary N) is 1. The summed E-state index contributed by atoms with van der Waals surface area (Å²) in [4.78, 5) is 36.3. The first-order valence-corrected chi connectivity index (χ1v) is 9.73. The highest BCUT2D eigenvalue weighted by Crippen LogP contribution is 2.36. The number of piperidine rings is 1. The fraction of sp³-hybridized carbons (Fsp3) is 0.333. The zero-order valence-electron chi connectivity index (χ0n) is 16.2. The van der Waals surface area contributed by atoms with Gasteiger partial charge in [-0.1, -0.05) is 0 Å². The molecule has 2 aliphatic rings. The summed E-state index contributed by atoms with van der Waals surface area (Å²) in [6.45, 7) is 1.85. The van der Waals surface area contributed by atoms with Crippen LogP contribution in [-0.2, 0) is 13.6 Å². The number of amides is 1. The van der Waals surface area contributed by atoms with Crippen molar-refractivity contribution in [3.05, 3.63) is 64.5 Å². The Labute approximate surface area is 167 Å². The number of hydrogen-bond acceptors (Lipinski definition) is 5. The number of rotatable bonds is 2. The Bertz CT molecular complexity index is 1160. The quantitative estimate of drug-likeness (QED) is 0.715. The first-order chi connectivity index (χ1) is 14.0. The van der Waals surface area contributed by atoms with E-state index in [-0.39, 0.29) is 23.3 Å². The maximum atomic E-state index is 13.2. The van der Waals surface area contributed by atoms with E-state index < -0.39 is 0 Å². The smallest absolute Gasteiger partial charge is 0.261 e. The van der Waals surface area contributed by atoms with Crippen molar-refractivity contribution in [2.24, 2.45) is 13.0 Å². The molecule has 148 valence electrons. The topological polar surface area (TPSA) is 99.0 Å². The van der Waals surface area contributed by atoms with E-state index in [4.69, 9.17) is 5.73 Å². The van der Waals surface area contributed by atoms with Gasteiger partial charge in [0.05, 0.1) is 5.56 Å². The molecule has 5 rings (SSSR count). The SMILES string of the molecule is Cn1ccnc1-c1ccc2n(c1=O)C[C@H]1C[C@@H]2CN(C(=O)c2ccnc(N)c2)C1. The zero-order chi connectivity index (χ0) is 20.1. The van der Waals surface area contributed by atoms with Crippen molar-refractivity contribution >= 4 is 11.7 Å². The molecule has 1 saturated heterocycles. The average Bonchev–Trinajstić information content (AvgIpc) is 3.14. The number of carbonyl (C=O) groups excluding carboxylic acids is 1. The molecular weight excluding hydrogens is 368 g/mol. The molecule has 3 aromatic heterocycles. The molecule has 2 aliphatic heterocycles. The van der Waals surface area contributed by atoms with Crippen LogP contribution in [0.15, 0.2) is 47.7 Å². The number of nitrogen functional groups attached to an aromatic ring is 1. The highest BCUT2D eigenvalue weighted by molar-refractivity contribution is 5.94. The molecule has 0 unspecified atom stereocenters. The first-order valence-electron chi connectivity index (χ1n) is 9.73. The summed E-state index contributed by atoms with van der Waals surface area (Å²) in [7, 11) is 1.88. The van der Waals surface area contributed by atoms with Crippen LogP contribution in [0.5, 0.6) is 0 Å². The van der Waals surface area contributed by atoms with Gasteiger partial charge in [-0.3, -0.25) is 9.59 Å². The highest BCUT2D eigenvalue weighted by Gasteiger charge is 2.37. The standard InChI is InChI=1S/C21H22N6O2/c1-25-7-6-24-19(25)16-2-3-17-15-8-13(11-27(17)21(16)29)10-26(12-15)20(28)14-4-5-23-18(22)9-14/h2-7,9,13,15H,8,10-12H2,1H3,(H2,22,23)/t13-,15+/m0/s1. The van der Waals surface area contributed by atoms with Crippen LogP contribution in [0.3, 0.4) is 0 Å². The van der Waals surface area contributed by atoms with Gasteiger partial charge >= 0.3 is 0 Å². The van der Waals surface area contributed by atoms with Crippen LogP contribution in [0.25, 0.3) is 11.4 Å². The predicted octanol–water partition coefficient (Wildman–Crippen LogP) is 1.49. The molecule has 2 bridgehead atoms. The Morgan fingerprint density at radius 2 is 2.00 bits per heavy atom. The van der Waals surface area contributed by atoms with Gasteiger partial charge in [0.15, 0.2) is 0 Å². The molecule has 0 aromatic carbocycles. The van der Waals surface area contributed by atoms with Gasteiger partial charge in [-0.2, -0.15) is 0 Å². The summed E-state index contributed by atoms with van der Waals surface area (Å²) in [6.07, 6.45) is 6.08. The minimum atomic E-state index is -0.0331. The van der Waals surface area contributed by atoms with E-state index in [0.717, 1.165) is 12.1 Å². The number of aromatic nitrogens is 4. The molecule has 5 heterocycles. The molecule has 0 spiro atoms. The third-order valence-corrected chi connectivity index (χ3v) is 5.98. The van der Waals surface area contributed by atoms with Crippen LogP contribution < -0.4 is 11.3 Å². The Morgan fingerprint density at radius 1 is 1.14 bits per heavy atom. The molecule has 0 radical (unpaired) electrons. The van der Waals surface area contributed by atoms with Crippen LogP contribution in [0, 0.1) is 5.92 Å². The number of likely N-dealkylation sites (tertiary alicyclic amines) is 1. The van der Waals surface area contributed by atoms with Crippen molar-refractivity contribution in [2.75, 3.05) is 18.8 Å². The number of anilines is 1. The Balaban J connectivity index is 1.47. The van der Waals surface area contributed by atoms with Gasteiger partial charge in [-0.15, -0.1) is 0 Å². The Morgan fingerprint density at radius 3 is 2.76 bits per heavy atom. The van der Waals surface area contributed by atoms with Gasteiger partial charge in [0.1, 0.15) is 11.6 Å². The maximum absolute atomic E-state index is 13.2. The van der Waals surface area contributed by atoms with Crippen molar-refractivity contribution in [3.8, 4) is 11.4 Å². The molecule has 3 aromatic rings. The second-order valence-corrected chi connectivity index (χ2v) is 7.93. The highest BCUT2D eigenvalue weighted by atomic mass is 16.2. The lowest BCUT2D eigenvalue weighted by Gasteiger charge is -2.43. The summed E-state index contributed by atoms with van der Waals surface area (Å²) < 4.78 is 3.74. The van der Waals surface area contributed by atoms with Crippen LogP contribution in [0.1, 0.15) is 28.4 Å². The van der Waals surface area contributed by atoms with E-state index in [1.807, 2.05) is 39.4 Å². The van der Waals surface area contributed by atoms with Gasteiger partial charge < -0.3 is 19.8 Å². The molecule has 0 saturated carbocycles. The van der Waals surface area contributed by atoms with Gasteiger partial charge in [-0.05, 0) is 36.6 Å². The van der Waals surface area contributed by atoms with Crippen molar-refractivity contribution < 1.29 is 4.79 Å². The Kier molecular flexibility index (Phi) is 4.01. The van der Waals surface area contributed by atoms with E-state index in [1.54, 1.807) is 24.5 Å². The number of hydrogen-bond donors (Lipinski definition) is 1. The lowest BCUT2D eigenvalue weighted by molar-refractivity contribution is 0.0594. The van der Waals surface area contributed by atoms with E-state index in [1.165, 1.54) is 0 Å². The number of carbonyl (C=O) groups is 1. The normalized spacial score (nSPS) is 20.4. The molecule has 2 atom stereocenters. The fourth-order valence-electron chi connectivity index (χ4n) is 4.67. The van der Waals surface area contributed by atoms with Crippen LogP contribution >= 0.6 is 0 Å². The number of pyridine rings is 2.